The van der Waals surface area contributed by atoms with Gasteiger partial charge in [-0.25, -0.2) is 0 Å². The third-order valence-corrected chi connectivity index (χ3v) is 8.25. The van der Waals surface area contributed by atoms with Crippen molar-refractivity contribution in [3.05, 3.63) is 41.5 Å². The molecule has 214 valence electrons. The molecule has 3 rings (SSSR count). The first kappa shape index (κ1) is 30.7. The van der Waals surface area contributed by atoms with Gasteiger partial charge in [0.15, 0.2) is 0 Å². The van der Waals surface area contributed by atoms with Gasteiger partial charge in [-0.15, -0.1) is 13.2 Å². The number of fused-ring (bicyclic) bond motifs is 8. The molecular weight excluding hydrogens is 559 g/mol. The van der Waals surface area contributed by atoms with Crippen molar-refractivity contribution in [3.8, 4) is 5.75 Å². The fourth-order valence-electron chi connectivity index (χ4n) is 3.89. The molecule has 14 heteroatoms. The van der Waals surface area contributed by atoms with Crippen LogP contribution in [0.1, 0.15) is 37.8 Å². The molecule has 3 atom stereocenters. The Morgan fingerprint density at radius 1 is 1.05 bits per heavy atom. The summed E-state index contributed by atoms with van der Waals surface area (Å²) in [4.78, 5) is 52.0. The number of carbonyl (C=O) groups is 4. The van der Waals surface area contributed by atoms with E-state index in [1.54, 1.807) is 26.0 Å². The van der Waals surface area contributed by atoms with Crippen molar-refractivity contribution in [2.75, 3.05) is 11.5 Å². The molecule has 0 aromatic heterocycles. The van der Waals surface area contributed by atoms with E-state index in [1.165, 1.54) is 27.7 Å². The predicted octanol–water partition coefficient (Wildman–Crippen LogP) is 3.03. The van der Waals surface area contributed by atoms with Gasteiger partial charge in [-0.1, -0.05) is 47.6 Å². The van der Waals surface area contributed by atoms with Crippen LogP contribution in [0.4, 0.5) is 13.2 Å². The van der Waals surface area contributed by atoms with Crippen molar-refractivity contribution >= 4 is 45.3 Å². The molecule has 0 saturated heterocycles. The van der Waals surface area contributed by atoms with Crippen LogP contribution in [0.3, 0.4) is 0 Å². The Morgan fingerprint density at radius 2 is 1.82 bits per heavy atom. The highest BCUT2D eigenvalue weighted by molar-refractivity contribution is 8.76. The van der Waals surface area contributed by atoms with E-state index >= 15 is 0 Å². The van der Waals surface area contributed by atoms with Crippen molar-refractivity contribution in [1.29, 1.82) is 0 Å². The maximum atomic E-state index is 13.2. The second-order valence-corrected chi connectivity index (χ2v) is 11.9. The Morgan fingerprint density at radius 3 is 2.54 bits per heavy atom. The van der Waals surface area contributed by atoms with Gasteiger partial charge in [0.25, 0.3) is 0 Å². The van der Waals surface area contributed by atoms with Crippen LogP contribution >= 0.6 is 21.6 Å². The lowest BCUT2D eigenvalue weighted by molar-refractivity contribution is -0.274. The number of halogens is 3. The summed E-state index contributed by atoms with van der Waals surface area (Å²) in [6.45, 7) is 3.26. The zero-order chi connectivity index (χ0) is 28.6. The smallest absolute Gasteiger partial charge is 0.457 e. The molecule has 2 heterocycles. The molecular formula is C25H30F3N3O6S2. The zero-order valence-corrected chi connectivity index (χ0v) is 23.0. The second kappa shape index (κ2) is 14.0. The van der Waals surface area contributed by atoms with E-state index in [9.17, 15) is 32.3 Å². The van der Waals surface area contributed by atoms with Gasteiger partial charge < -0.3 is 25.4 Å². The topological polar surface area (TPSA) is 123 Å². The first-order valence-corrected chi connectivity index (χ1v) is 14.8. The van der Waals surface area contributed by atoms with Gasteiger partial charge in [0, 0.05) is 18.1 Å². The van der Waals surface area contributed by atoms with Crippen LogP contribution in [0.25, 0.3) is 0 Å². The largest absolute Gasteiger partial charge is 0.573 e. The summed E-state index contributed by atoms with van der Waals surface area (Å²) in [5.41, 5.74) is 0.513. The van der Waals surface area contributed by atoms with E-state index in [-0.39, 0.29) is 36.6 Å². The lowest BCUT2D eigenvalue weighted by Crippen LogP contribution is -2.56. The summed E-state index contributed by atoms with van der Waals surface area (Å²) in [6.07, 6.45) is -2.40. The summed E-state index contributed by atoms with van der Waals surface area (Å²) in [5, 5.41) is 8.03. The molecule has 1 aromatic carbocycles. The minimum absolute atomic E-state index is 0.204. The maximum absolute atomic E-state index is 13.2. The average Bonchev–Trinajstić information content (AvgIpc) is 2.83. The Balaban J connectivity index is 2.02. The number of nitrogens with one attached hydrogen (secondary N) is 3. The van der Waals surface area contributed by atoms with Crippen LogP contribution in [-0.4, -0.2) is 59.7 Å². The number of alkyl halides is 3. The quantitative estimate of drug-likeness (QED) is 0.274. The molecule has 3 amide bonds. The van der Waals surface area contributed by atoms with Gasteiger partial charge in [0.1, 0.15) is 23.9 Å². The maximum Gasteiger partial charge on any atom is 0.573 e. The normalized spacial score (nSPS) is 24.1. The molecule has 0 spiro atoms. The number of hydrogen-bond donors (Lipinski definition) is 3. The first-order chi connectivity index (χ1) is 18.4. The predicted molar refractivity (Wildman–Crippen MR) is 141 cm³/mol. The van der Waals surface area contributed by atoms with Crippen molar-refractivity contribution in [1.82, 2.24) is 16.0 Å². The van der Waals surface area contributed by atoms with Crippen LogP contribution in [0.2, 0.25) is 0 Å². The summed E-state index contributed by atoms with van der Waals surface area (Å²) < 4.78 is 48.0. The Kier molecular flexibility index (Phi) is 11.0. The zero-order valence-electron chi connectivity index (χ0n) is 21.3. The van der Waals surface area contributed by atoms with E-state index in [4.69, 9.17) is 4.74 Å². The minimum atomic E-state index is -4.93. The molecule has 3 N–H and O–H groups in total. The number of amides is 3. The third-order valence-electron chi connectivity index (χ3n) is 5.80. The highest BCUT2D eigenvalue weighted by Gasteiger charge is 2.32. The molecule has 1 aromatic rings. The molecule has 2 bridgehead atoms. The molecule has 0 radical (unpaired) electrons. The Labute approximate surface area is 231 Å². The molecule has 9 nitrogen and oxygen atoms in total. The number of rotatable bonds is 2. The molecule has 0 fully saturated rings. The highest BCUT2D eigenvalue weighted by atomic mass is 33.1. The van der Waals surface area contributed by atoms with Crippen molar-refractivity contribution in [2.24, 2.45) is 5.92 Å². The van der Waals surface area contributed by atoms with Gasteiger partial charge in [0.05, 0.1) is 12.8 Å². The van der Waals surface area contributed by atoms with E-state index in [2.05, 4.69) is 20.7 Å². The van der Waals surface area contributed by atoms with Gasteiger partial charge in [-0.3, -0.25) is 19.2 Å². The van der Waals surface area contributed by atoms with Crippen LogP contribution in [0.15, 0.2) is 30.4 Å². The fourth-order valence-corrected chi connectivity index (χ4v) is 6.05. The van der Waals surface area contributed by atoms with Crippen molar-refractivity contribution < 1.29 is 41.8 Å². The summed E-state index contributed by atoms with van der Waals surface area (Å²) in [5.74, 6) is -2.33. The molecule has 0 aliphatic carbocycles. The van der Waals surface area contributed by atoms with Crippen molar-refractivity contribution in [2.45, 2.75) is 64.2 Å². The Bertz CT molecular complexity index is 1100. The van der Waals surface area contributed by atoms with E-state index < -0.39 is 54.0 Å². The summed E-state index contributed by atoms with van der Waals surface area (Å²) in [6, 6.07) is 1.50. The number of esters is 1. The summed E-state index contributed by atoms with van der Waals surface area (Å²) in [7, 11) is 2.86. The van der Waals surface area contributed by atoms with Crippen LogP contribution in [-0.2, 0) is 36.9 Å². The van der Waals surface area contributed by atoms with Crippen molar-refractivity contribution in [3.63, 3.8) is 0 Å². The standard InChI is InChI=1S/C25H30F3N3O6S2/c1-14(2)22-24(35)30-19-13-39-38-8-4-3-5-17(11-20(32)31-22)36-21(33)10-15-6-7-18(37-25(26,27)28)9-16(15)12-29-23(19)34/h3,5-7,9,14,17,19,22H,4,8,10-13H2,1-2H3,(H,29,34)(H,30,35)(H,31,32)/t17-,19-,22-/m1/s1. The lowest BCUT2D eigenvalue weighted by Gasteiger charge is -2.26. The monoisotopic (exact) mass is 589 g/mol. The number of allylic oxidation sites excluding steroid dienone is 1. The minimum Gasteiger partial charge on any atom is -0.457 e. The van der Waals surface area contributed by atoms with Gasteiger partial charge >= 0.3 is 12.3 Å². The van der Waals surface area contributed by atoms with Gasteiger partial charge in [0.2, 0.25) is 17.7 Å². The number of hydrogen-bond acceptors (Lipinski definition) is 8. The summed E-state index contributed by atoms with van der Waals surface area (Å²) >= 11 is 0. The molecule has 0 unspecified atom stereocenters. The van der Waals surface area contributed by atoms with Crippen LogP contribution in [0, 0.1) is 5.92 Å². The molecule has 0 saturated carbocycles. The SMILES string of the molecule is CC(C)[C@H]1NC(=O)C[C@H]2C=CCCSSC[C@@H](NC1=O)C(=O)NCc1cc(OC(F)(F)F)ccc1CC(=O)O2. The van der Waals surface area contributed by atoms with Gasteiger partial charge in [-0.2, -0.15) is 0 Å². The lowest BCUT2D eigenvalue weighted by atomic mass is 10.0. The third kappa shape index (κ3) is 9.99. The van der Waals surface area contributed by atoms with E-state index in [0.29, 0.717) is 17.7 Å². The molecule has 39 heavy (non-hydrogen) atoms. The van der Waals surface area contributed by atoms with Crippen LogP contribution < -0.4 is 20.7 Å². The fraction of sp³-hybridized carbons (Fsp3) is 0.520. The average molecular weight is 590 g/mol. The van der Waals surface area contributed by atoms with E-state index in [0.717, 1.165) is 12.1 Å². The van der Waals surface area contributed by atoms with Gasteiger partial charge in [-0.05, 0) is 41.7 Å². The Hall–Kier alpha value is -2.87. The molecule has 2 aliphatic heterocycles. The highest BCUT2D eigenvalue weighted by Crippen LogP contribution is 2.27. The van der Waals surface area contributed by atoms with E-state index in [1.807, 2.05) is 0 Å². The number of benzene rings is 1. The number of ether oxygens (including phenoxy) is 2. The van der Waals surface area contributed by atoms with Crippen LogP contribution in [0.5, 0.6) is 5.75 Å². The molecule has 2 aliphatic rings. The second-order valence-electron chi connectivity index (χ2n) is 9.28. The number of carbonyl (C=O) groups excluding carboxylic acids is 4. The first-order valence-electron chi connectivity index (χ1n) is 12.3.